The van der Waals surface area contributed by atoms with Crippen molar-refractivity contribution >= 4 is 70.9 Å². The second kappa shape index (κ2) is 38.7. The Morgan fingerprint density at radius 3 is 1.75 bits per heavy atom. The number of carbonyl (C=O) groups is 12. The minimum Gasteiger partial charge on any atom is -0.378 e. The largest absolute Gasteiger partial charge is 0.397 e. The maximum absolute atomic E-state index is 15.9. The molecule has 0 aromatic heterocycles. The van der Waals surface area contributed by atoms with Crippen LogP contribution in [0.4, 0.5) is 35.1 Å². The molecule has 0 aromatic rings. The predicted octanol–water partition coefficient (Wildman–Crippen LogP) is 7.11. The van der Waals surface area contributed by atoms with Crippen LogP contribution < -0.4 is 16.0 Å². The van der Waals surface area contributed by atoms with Gasteiger partial charge in [-0.1, -0.05) is 79.1 Å². The Labute approximate surface area is 641 Å². The highest BCUT2D eigenvalue weighted by molar-refractivity contribution is 6.01. The van der Waals surface area contributed by atoms with Crippen LogP contribution in [0.25, 0.3) is 0 Å². The number of nitrogens with zero attached hydrogens (tertiary/aromatic N) is 9. The van der Waals surface area contributed by atoms with Crippen molar-refractivity contribution in [3.63, 3.8) is 0 Å². The third-order valence-corrected chi connectivity index (χ3v) is 25.2. The van der Waals surface area contributed by atoms with Crippen molar-refractivity contribution in [3.05, 3.63) is 0 Å². The minimum absolute atomic E-state index is 0.0174. The summed E-state index contributed by atoms with van der Waals surface area (Å²) in [5.74, 6) is -16.4. The Morgan fingerprint density at radius 2 is 1.15 bits per heavy atom. The lowest BCUT2D eigenvalue weighted by molar-refractivity contribution is -0.219. The topological polar surface area (TPSA) is 279 Å². The fourth-order valence-electron chi connectivity index (χ4n) is 18.3. The summed E-state index contributed by atoms with van der Waals surface area (Å²) >= 11 is 0. The molecule has 110 heavy (non-hydrogen) atoms. The first kappa shape index (κ1) is 88.6. The van der Waals surface area contributed by atoms with E-state index in [1.807, 2.05) is 13.8 Å². The fourth-order valence-corrected chi connectivity index (χ4v) is 18.3. The zero-order valence-electron chi connectivity index (χ0n) is 65.9. The third kappa shape index (κ3) is 21.7. The molecule has 0 radical (unpaired) electrons. The molecule has 4 aliphatic carbocycles. The standard InChI is InChI=1S/C77H120F8N12O13/c1-11-47(4)64-72(107)90(6)45-62(100)91(7)56-23-14-12-19-33-97(71(56)106)59(42-48-25-28-51(29-26-48)76(80,81)82)69(104)89(5)44-60(98)86-54(30-27-49-40-52(78)63(53(79)41-49)77(83,84)85)68(103)96-34-20-24-55(96)67(102)88-75(31-17-13-18-32-75)74(109)94(10)65(50-21-15-16-22-50)73(108)93(9)58(70(105)95-35-37-110-38-36-95)43-61(99)92(8)57(39-46(2)3)66(101)87-64/h46-59,63-65H,11-45H2,1-10H3,(H,86,98)(H,87,101)(H,88,102)/t47-,48?,49?,51?,52?,53?,54-,55-,56-,57-,58-,59-,63?,64-,65-/m0/s1. The van der Waals surface area contributed by atoms with Crippen LogP contribution in [0.1, 0.15) is 201 Å². The van der Waals surface area contributed by atoms with Crippen molar-refractivity contribution in [3.8, 4) is 0 Å². The molecular weight excluding hydrogens is 1450 g/mol. The number of morpholine rings is 1. The maximum Gasteiger partial charge on any atom is 0.397 e. The lowest BCUT2D eigenvalue weighted by Crippen LogP contribution is -2.66. The summed E-state index contributed by atoms with van der Waals surface area (Å²) in [5, 5.41) is 8.58. The van der Waals surface area contributed by atoms with Gasteiger partial charge in [0.15, 0.2) is 0 Å². The summed E-state index contributed by atoms with van der Waals surface area (Å²) < 4.78 is 121. The summed E-state index contributed by atoms with van der Waals surface area (Å²) in [6.45, 7) is 6.09. The second-order valence-corrected chi connectivity index (χ2v) is 33.3. The summed E-state index contributed by atoms with van der Waals surface area (Å²) in [5.41, 5.74) is -1.69. The van der Waals surface area contributed by atoms with E-state index in [9.17, 15) is 40.7 Å². The molecule has 0 aromatic carbocycles. The number of hydrogen-bond donors (Lipinski definition) is 3. The van der Waals surface area contributed by atoms with Crippen LogP contribution in [0.2, 0.25) is 0 Å². The Hall–Kier alpha value is -6.96. The zero-order valence-corrected chi connectivity index (χ0v) is 65.9. The van der Waals surface area contributed by atoms with E-state index >= 15 is 51.9 Å². The molecule has 1 spiro atoms. The van der Waals surface area contributed by atoms with E-state index in [-0.39, 0.29) is 122 Å². The van der Waals surface area contributed by atoms with Crippen LogP contribution in [0.3, 0.4) is 0 Å². The van der Waals surface area contributed by atoms with Gasteiger partial charge in [0.2, 0.25) is 70.9 Å². The van der Waals surface area contributed by atoms with Gasteiger partial charge in [0, 0.05) is 68.5 Å². The highest BCUT2D eigenvalue weighted by Crippen LogP contribution is 2.46. The molecule has 8 fully saturated rings. The van der Waals surface area contributed by atoms with Crippen molar-refractivity contribution in [2.45, 2.75) is 280 Å². The molecule has 622 valence electrons. The Morgan fingerprint density at radius 1 is 0.555 bits per heavy atom. The molecule has 4 aliphatic heterocycles. The number of likely N-dealkylation sites (N-methyl/N-ethyl adjacent to an activating group) is 6. The van der Waals surface area contributed by atoms with E-state index in [4.69, 9.17) is 4.74 Å². The average molecular weight is 1570 g/mol. The van der Waals surface area contributed by atoms with Crippen LogP contribution in [0, 0.1) is 41.4 Å². The normalized spacial score (nSPS) is 31.9. The molecule has 12 amide bonds. The monoisotopic (exact) mass is 1570 g/mol. The van der Waals surface area contributed by atoms with Gasteiger partial charge in [0.1, 0.15) is 72.1 Å². The van der Waals surface area contributed by atoms with Gasteiger partial charge in [0.25, 0.3) is 0 Å². The molecule has 4 heterocycles. The highest BCUT2D eigenvalue weighted by Gasteiger charge is 2.55. The summed E-state index contributed by atoms with van der Waals surface area (Å²) in [6, 6.07) is -11.0. The number of halogens is 8. The summed E-state index contributed by atoms with van der Waals surface area (Å²) in [6.07, 6.45) is -12.4. The van der Waals surface area contributed by atoms with Gasteiger partial charge in [0.05, 0.1) is 38.6 Å². The van der Waals surface area contributed by atoms with Crippen LogP contribution in [-0.2, 0) is 62.3 Å². The number of ether oxygens (including phenoxy) is 1. The van der Waals surface area contributed by atoms with Crippen LogP contribution in [-0.4, -0.2) is 288 Å². The van der Waals surface area contributed by atoms with E-state index in [1.165, 1.54) is 71.7 Å². The molecule has 8 rings (SSSR count). The first-order chi connectivity index (χ1) is 51.8. The van der Waals surface area contributed by atoms with Gasteiger partial charge in [-0.25, -0.2) is 8.78 Å². The molecule has 11 atom stereocenters. The zero-order chi connectivity index (χ0) is 81.0. The SMILES string of the molecule is CC[C@H](C)[C@@H]1NC(=O)[C@H](CC(C)C)N(C)C(=O)C[C@@H](C(=O)N2CCOCC2)N(C)C(=O)[C@H](C2CCCC2)N(C)C(=O)C2(CCCCC2)NC(=O)[C@@H]2CCCN2C(=O)[C@H](CCC2CC(F)C(C(F)(F)F)C(F)C2)NC(=O)CN(C)C(=O)[C@H](CC2CCC(C(F)(F)F)CC2)N2CCCCC[C@@H](C2=O)N(C)C(=O)CN(C)C1=O. The molecule has 25 nitrogen and oxygen atoms in total. The number of fused-ring (bicyclic) bond motifs is 3. The van der Waals surface area contributed by atoms with Crippen molar-refractivity contribution in [2.24, 2.45) is 41.4 Å². The number of carbonyl (C=O) groups excluding carboxylic acids is 12. The maximum atomic E-state index is 15.9. The number of nitrogens with one attached hydrogen (secondary N) is 3. The molecular formula is C77H120F8N12O13. The predicted molar refractivity (Wildman–Crippen MR) is 388 cm³/mol. The molecule has 33 heteroatoms. The number of hydrogen-bond acceptors (Lipinski definition) is 13. The van der Waals surface area contributed by atoms with E-state index < -0.39 is 224 Å². The first-order valence-corrected chi connectivity index (χ1v) is 40.2. The van der Waals surface area contributed by atoms with Crippen molar-refractivity contribution in [1.29, 1.82) is 0 Å². The van der Waals surface area contributed by atoms with Gasteiger partial charge >= 0.3 is 12.4 Å². The molecule has 3 N–H and O–H groups in total. The van der Waals surface area contributed by atoms with E-state index in [1.54, 1.807) is 13.8 Å². The minimum atomic E-state index is -5.20. The molecule has 8 aliphatic rings. The Bertz CT molecular complexity index is 3220. The first-order valence-electron chi connectivity index (χ1n) is 40.2. The van der Waals surface area contributed by atoms with E-state index in [2.05, 4.69) is 16.0 Å². The molecule has 4 saturated heterocycles. The van der Waals surface area contributed by atoms with Crippen LogP contribution >= 0.6 is 0 Å². The van der Waals surface area contributed by atoms with E-state index in [0.717, 1.165) is 14.7 Å². The number of rotatable bonds is 11. The van der Waals surface area contributed by atoms with Crippen molar-refractivity contribution in [2.75, 3.05) is 94.8 Å². The lowest BCUT2D eigenvalue weighted by Gasteiger charge is -2.44. The van der Waals surface area contributed by atoms with Gasteiger partial charge < -0.3 is 64.8 Å². The van der Waals surface area contributed by atoms with Crippen LogP contribution in [0.5, 0.6) is 0 Å². The summed E-state index contributed by atoms with van der Waals surface area (Å²) in [4.78, 5) is 194. The van der Waals surface area contributed by atoms with Crippen molar-refractivity contribution < 1.29 is 97.4 Å². The average Bonchev–Trinajstić information content (AvgIpc) is 1.24. The Balaban J connectivity index is 1.20. The molecule has 2 unspecified atom stereocenters. The van der Waals surface area contributed by atoms with Crippen molar-refractivity contribution in [1.82, 2.24) is 60.0 Å². The van der Waals surface area contributed by atoms with Gasteiger partial charge in [-0.3, -0.25) is 57.5 Å². The van der Waals surface area contributed by atoms with Gasteiger partial charge in [-0.05, 0) is 145 Å². The third-order valence-electron chi connectivity index (χ3n) is 25.2. The highest BCUT2D eigenvalue weighted by atomic mass is 19.4. The smallest absolute Gasteiger partial charge is 0.378 e. The number of alkyl halides is 8. The number of amides is 12. The quantitative estimate of drug-likeness (QED) is 0.174. The lowest BCUT2D eigenvalue weighted by atomic mass is 9.76. The summed E-state index contributed by atoms with van der Waals surface area (Å²) in [7, 11) is 8.19. The fraction of sp³-hybridized carbons (Fsp3) is 0.844. The molecule has 2 bridgehead atoms. The Kier molecular flexibility index (Phi) is 31.2. The van der Waals surface area contributed by atoms with Crippen LogP contribution in [0.15, 0.2) is 0 Å². The van der Waals surface area contributed by atoms with Gasteiger partial charge in [-0.15, -0.1) is 0 Å². The van der Waals surface area contributed by atoms with E-state index in [0.29, 0.717) is 70.6 Å². The molecule has 4 saturated carbocycles. The second-order valence-electron chi connectivity index (χ2n) is 33.3. The van der Waals surface area contributed by atoms with Gasteiger partial charge in [-0.2, -0.15) is 26.3 Å².